The van der Waals surface area contributed by atoms with Gasteiger partial charge in [-0.3, -0.25) is 0 Å². The minimum absolute atomic E-state index is 0.493. The van der Waals surface area contributed by atoms with E-state index in [1.54, 1.807) is 0 Å². The van der Waals surface area contributed by atoms with Crippen molar-refractivity contribution in [2.24, 2.45) is 7.05 Å². The van der Waals surface area contributed by atoms with E-state index < -0.39 is 0 Å². The maximum Gasteiger partial charge on any atom is 0.0670 e. The predicted octanol–water partition coefficient (Wildman–Crippen LogP) is 2.55. The van der Waals surface area contributed by atoms with Crippen LogP contribution in [0.1, 0.15) is 11.3 Å². The molecule has 2 aromatic rings. The van der Waals surface area contributed by atoms with Gasteiger partial charge in [0.1, 0.15) is 0 Å². The van der Waals surface area contributed by atoms with Crippen LogP contribution in [0.2, 0.25) is 0 Å². The average Bonchev–Trinajstić information content (AvgIpc) is 2.45. The first kappa shape index (κ1) is 8.83. The van der Waals surface area contributed by atoms with E-state index in [4.69, 9.17) is 5.26 Å². The molecule has 0 spiro atoms. The number of nitriles is 1. The summed E-state index contributed by atoms with van der Waals surface area (Å²) in [6.45, 7) is 2.06. The van der Waals surface area contributed by atoms with E-state index in [9.17, 15) is 0 Å². The van der Waals surface area contributed by atoms with Crippen molar-refractivity contribution in [1.82, 2.24) is 4.57 Å². The first-order valence-electron chi connectivity index (χ1n) is 4.65. The lowest BCUT2D eigenvalue weighted by molar-refractivity contribution is 0.906. The predicted molar refractivity (Wildman–Crippen MR) is 57.0 cm³/mol. The lowest BCUT2D eigenvalue weighted by Crippen LogP contribution is -1.91. The molecule has 0 N–H and O–H groups in total. The van der Waals surface area contributed by atoms with Crippen LogP contribution in [0.3, 0.4) is 0 Å². The van der Waals surface area contributed by atoms with E-state index in [-0.39, 0.29) is 0 Å². The number of para-hydroxylation sites is 1. The zero-order valence-electron chi connectivity index (χ0n) is 8.41. The normalized spacial score (nSPS) is 10.4. The van der Waals surface area contributed by atoms with Gasteiger partial charge in [0.2, 0.25) is 0 Å². The van der Waals surface area contributed by atoms with Gasteiger partial charge in [-0.1, -0.05) is 18.2 Å². The highest BCUT2D eigenvalue weighted by molar-refractivity contribution is 5.85. The summed E-state index contributed by atoms with van der Waals surface area (Å²) < 4.78 is 2.14. The summed E-state index contributed by atoms with van der Waals surface area (Å²) in [7, 11) is 2.04. The zero-order valence-corrected chi connectivity index (χ0v) is 8.41. The number of hydrogen-bond donors (Lipinski definition) is 0. The van der Waals surface area contributed by atoms with Crippen molar-refractivity contribution in [3.8, 4) is 6.07 Å². The first-order chi connectivity index (χ1) is 6.75. The summed E-state index contributed by atoms with van der Waals surface area (Å²) in [5.74, 6) is 0. The topological polar surface area (TPSA) is 28.7 Å². The first-order valence-corrected chi connectivity index (χ1v) is 4.65. The molecule has 2 nitrogen and oxygen atoms in total. The monoisotopic (exact) mass is 184 g/mol. The van der Waals surface area contributed by atoms with Crippen molar-refractivity contribution < 1.29 is 0 Å². The molecule has 1 heterocycles. The highest BCUT2D eigenvalue weighted by Crippen LogP contribution is 2.24. The SMILES string of the molecule is Cc1c(CC#N)c2ccccc2n1C. The van der Waals surface area contributed by atoms with Gasteiger partial charge in [-0.05, 0) is 18.6 Å². The van der Waals surface area contributed by atoms with Crippen LogP contribution in [0.4, 0.5) is 0 Å². The molecule has 0 aliphatic rings. The molecule has 0 aliphatic heterocycles. The van der Waals surface area contributed by atoms with E-state index >= 15 is 0 Å². The Labute approximate surface area is 83.4 Å². The molecule has 0 bridgehead atoms. The second-order valence-electron chi connectivity index (χ2n) is 3.48. The van der Waals surface area contributed by atoms with Gasteiger partial charge in [0.15, 0.2) is 0 Å². The maximum absolute atomic E-state index is 8.75. The zero-order chi connectivity index (χ0) is 10.1. The average molecular weight is 184 g/mol. The minimum atomic E-state index is 0.493. The van der Waals surface area contributed by atoms with Gasteiger partial charge in [0.25, 0.3) is 0 Å². The van der Waals surface area contributed by atoms with E-state index in [1.807, 2.05) is 19.2 Å². The lowest BCUT2D eigenvalue weighted by Gasteiger charge is -1.97. The molecule has 0 saturated heterocycles. The Hall–Kier alpha value is -1.75. The molecule has 2 rings (SSSR count). The summed E-state index contributed by atoms with van der Waals surface area (Å²) in [6.07, 6.45) is 0.493. The fourth-order valence-corrected chi connectivity index (χ4v) is 1.90. The molecule has 0 aliphatic carbocycles. The second kappa shape index (κ2) is 3.19. The Morgan fingerprint density at radius 3 is 2.79 bits per heavy atom. The third kappa shape index (κ3) is 1.10. The standard InChI is InChI=1S/C12H12N2/c1-9-10(7-8-13)11-5-3-4-6-12(11)14(9)2/h3-6H,7H2,1-2H3. The van der Waals surface area contributed by atoms with Crippen LogP contribution in [0.5, 0.6) is 0 Å². The van der Waals surface area contributed by atoms with Gasteiger partial charge in [-0.25, -0.2) is 0 Å². The summed E-state index contributed by atoms with van der Waals surface area (Å²) in [5.41, 5.74) is 3.55. The number of fused-ring (bicyclic) bond motifs is 1. The molecular formula is C12H12N2. The van der Waals surface area contributed by atoms with E-state index in [2.05, 4.69) is 29.7 Å². The van der Waals surface area contributed by atoms with Gasteiger partial charge < -0.3 is 4.57 Å². The van der Waals surface area contributed by atoms with E-state index in [0.29, 0.717) is 6.42 Å². The fourth-order valence-electron chi connectivity index (χ4n) is 1.90. The third-order valence-corrected chi connectivity index (χ3v) is 2.79. The molecular weight excluding hydrogens is 172 g/mol. The highest BCUT2D eigenvalue weighted by atomic mass is 14.9. The Kier molecular flexibility index (Phi) is 2.01. The van der Waals surface area contributed by atoms with Crippen LogP contribution in [0, 0.1) is 18.3 Å². The molecule has 14 heavy (non-hydrogen) atoms. The van der Waals surface area contributed by atoms with E-state index in [1.165, 1.54) is 16.6 Å². The Bertz CT molecular complexity index is 515. The number of nitrogens with zero attached hydrogens (tertiary/aromatic N) is 2. The quantitative estimate of drug-likeness (QED) is 0.669. The molecule has 70 valence electrons. The fraction of sp³-hybridized carbons (Fsp3) is 0.250. The van der Waals surface area contributed by atoms with Crippen molar-refractivity contribution in [2.45, 2.75) is 13.3 Å². The number of rotatable bonds is 1. The minimum Gasteiger partial charge on any atom is -0.348 e. The third-order valence-electron chi connectivity index (χ3n) is 2.79. The molecule has 1 aromatic heterocycles. The molecule has 0 fully saturated rings. The van der Waals surface area contributed by atoms with Crippen molar-refractivity contribution >= 4 is 10.9 Å². The Balaban J connectivity index is 2.82. The summed E-state index contributed by atoms with van der Waals surface area (Å²) in [6, 6.07) is 10.4. The van der Waals surface area contributed by atoms with Gasteiger partial charge >= 0.3 is 0 Å². The smallest absolute Gasteiger partial charge is 0.0670 e. The molecule has 0 atom stereocenters. The molecule has 1 aromatic carbocycles. The summed E-state index contributed by atoms with van der Waals surface area (Å²) in [4.78, 5) is 0. The number of aryl methyl sites for hydroxylation is 1. The van der Waals surface area contributed by atoms with Crippen molar-refractivity contribution in [3.05, 3.63) is 35.5 Å². The molecule has 0 amide bonds. The largest absolute Gasteiger partial charge is 0.348 e. The molecule has 0 saturated carbocycles. The van der Waals surface area contributed by atoms with Gasteiger partial charge in [-0.15, -0.1) is 0 Å². The molecule has 0 radical (unpaired) electrons. The maximum atomic E-state index is 8.75. The summed E-state index contributed by atoms with van der Waals surface area (Å²) in [5, 5.41) is 9.96. The molecule has 0 unspecified atom stereocenters. The van der Waals surface area contributed by atoms with Gasteiger partial charge in [0, 0.05) is 23.6 Å². The highest BCUT2D eigenvalue weighted by Gasteiger charge is 2.09. The van der Waals surface area contributed by atoms with Crippen LogP contribution < -0.4 is 0 Å². The van der Waals surface area contributed by atoms with E-state index in [0.717, 1.165) is 5.56 Å². The Morgan fingerprint density at radius 2 is 2.07 bits per heavy atom. The summed E-state index contributed by atoms with van der Waals surface area (Å²) >= 11 is 0. The van der Waals surface area contributed by atoms with Crippen LogP contribution >= 0.6 is 0 Å². The molecule has 2 heteroatoms. The second-order valence-corrected chi connectivity index (χ2v) is 3.48. The lowest BCUT2D eigenvalue weighted by atomic mass is 10.1. The van der Waals surface area contributed by atoms with Crippen LogP contribution in [-0.4, -0.2) is 4.57 Å². The number of hydrogen-bond acceptors (Lipinski definition) is 1. The van der Waals surface area contributed by atoms with Crippen LogP contribution in [0.25, 0.3) is 10.9 Å². The van der Waals surface area contributed by atoms with Crippen LogP contribution in [-0.2, 0) is 13.5 Å². The Morgan fingerprint density at radius 1 is 1.36 bits per heavy atom. The number of benzene rings is 1. The van der Waals surface area contributed by atoms with Crippen molar-refractivity contribution in [2.75, 3.05) is 0 Å². The van der Waals surface area contributed by atoms with Gasteiger partial charge in [-0.2, -0.15) is 5.26 Å². The van der Waals surface area contributed by atoms with Crippen molar-refractivity contribution in [1.29, 1.82) is 5.26 Å². The van der Waals surface area contributed by atoms with Crippen LogP contribution in [0.15, 0.2) is 24.3 Å². The van der Waals surface area contributed by atoms with Crippen molar-refractivity contribution in [3.63, 3.8) is 0 Å². The number of aromatic nitrogens is 1. The van der Waals surface area contributed by atoms with Gasteiger partial charge in [0.05, 0.1) is 12.5 Å².